The summed E-state index contributed by atoms with van der Waals surface area (Å²) in [5, 5.41) is 2.88. The quantitative estimate of drug-likeness (QED) is 0.789. The van der Waals surface area contributed by atoms with Crippen LogP contribution in [0, 0.1) is 19.7 Å². The van der Waals surface area contributed by atoms with Gasteiger partial charge in [0.25, 0.3) is 0 Å². The molecule has 0 aliphatic heterocycles. The summed E-state index contributed by atoms with van der Waals surface area (Å²) in [7, 11) is -0.306. The molecule has 1 N–H and O–H groups in total. The normalized spacial score (nSPS) is 16.3. The van der Waals surface area contributed by atoms with Crippen LogP contribution in [0.2, 0.25) is 0 Å². The summed E-state index contributed by atoms with van der Waals surface area (Å²) in [6, 6.07) is 2.94. The number of halogens is 1. The molecule has 0 aromatic heterocycles. The summed E-state index contributed by atoms with van der Waals surface area (Å²) in [6.07, 6.45) is 3.10. The molecule has 0 bridgehead atoms. The molecule has 5 heteroatoms. The summed E-state index contributed by atoms with van der Waals surface area (Å²) in [5.41, 5.74) is 2.35. The molecule has 1 amide bonds. The van der Waals surface area contributed by atoms with Crippen molar-refractivity contribution in [1.82, 2.24) is 0 Å². The van der Waals surface area contributed by atoms with Crippen molar-refractivity contribution in [2.75, 3.05) is 18.6 Å². The summed E-state index contributed by atoms with van der Waals surface area (Å²) < 4.78 is 13.3. The number of nitrogens with one attached hydrogen (secondary N) is 1. The first-order chi connectivity index (χ1) is 8.86. The monoisotopic (exact) mass is 372 g/mol. The van der Waals surface area contributed by atoms with Gasteiger partial charge in [-0.25, -0.2) is 4.39 Å². The average Bonchev–Trinajstić information content (AvgIpc) is 2.20. The molecule has 0 unspecified atom stereocenters. The molecular formula is C15H23FNOPY. The van der Waals surface area contributed by atoms with Gasteiger partial charge in [0.2, 0.25) is 5.91 Å². The van der Waals surface area contributed by atoms with Gasteiger partial charge in [-0.15, -0.1) is 0 Å². The van der Waals surface area contributed by atoms with Gasteiger partial charge in [0.15, 0.2) is 0 Å². The molecule has 0 spiro atoms. The van der Waals surface area contributed by atoms with E-state index in [1.165, 1.54) is 12.1 Å². The molecule has 1 fully saturated rings. The smallest absolute Gasteiger partial charge is 0.234 e. The van der Waals surface area contributed by atoms with Gasteiger partial charge in [-0.3, -0.25) is 4.79 Å². The summed E-state index contributed by atoms with van der Waals surface area (Å²) in [5.74, 6) is -0.132. The molecule has 1 aliphatic rings. The van der Waals surface area contributed by atoms with Crippen LogP contribution in [0.15, 0.2) is 12.1 Å². The maximum absolute atomic E-state index is 13.3. The number of hydrogen-bond acceptors (Lipinski definition) is 1. The Kier molecular flexibility index (Phi) is 6.32. The third-order valence-corrected chi connectivity index (χ3v) is 6.56. The fourth-order valence-corrected chi connectivity index (χ4v) is 4.40. The Hall–Kier alpha value is 0.154. The topological polar surface area (TPSA) is 29.1 Å². The number of benzene rings is 1. The molecule has 2 rings (SSSR count). The minimum atomic E-state index is -0.306. The van der Waals surface area contributed by atoms with Crippen LogP contribution in [0.5, 0.6) is 0 Å². The van der Waals surface area contributed by atoms with Gasteiger partial charge in [0.1, 0.15) is 5.82 Å². The molecule has 1 radical (unpaired) electrons. The van der Waals surface area contributed by atoms with Crippen LogP contribution in [-0.2, 0) is 37.5 Å². The van der Waals surface area contributed by atoms with E-state index in [4.69, 9.17) is 0 Å². The molecule has 20 heavy (non-hydrogen) atoms. The van der Waals surface area contributed by atoms with Gasteiger partial charge in [0.05, 0.1) is 5.16 Å². The molecule has 1 aromatic carbocycles. The van der Waals surface area contributed by atoms with Gasteiger partial charge in [0, 0.05) is 39.8 Å². The van der Waals surface area contributed by atoms with Crippen LogP contribution in [-0.4, -0.2) is 24.4 Å². The Morgan fingerprint density at radius 2 is 1.80 bits per heavy atom. The van der Waals surface area contributed by atoms with E-state index in [2.05, 4.69) is 18.6 Å². The molecule has 2 nitrogen and oxygen atoms in total. The zero-order valence-corrected chi connectivity index (χ0v) is 16.3. The van der Waals surface area contributed by atoms with Crippen molar-refractivity contribution in [3.63, 3.8) is 0 Å². The second kappa shape index (κ2) is 6.94. The third-order valence-electron chi connectivity index (χ3n) is 4.20. The van der Waals surface area contributed by atoms with E-state index in [-0.39, 0.29) is 58.9 Å². The van der Waals surface area contributed by atoms with E-state index >= 15 is 0 Å². The van der Waals surface area contributed by atoms with Gasteiger partial charge in [-0.1, -0.05) is 14.3 Å². The second-order valence-electron chi connectivity index (χ2n) is 5.65. The Morgan fingerprint density at radius 3 is 2.15 bits per heavy atom. The van der Waals surface area contributed by atoms with Crippen molar-refractivity contribution in [2.24, 2.45) is 0 Å². The van der Waals surface area contributed by atoms with Gasteiger partial charge < -0.3 is 5.32 Å². The number of rotatable bonds is 3. The Bertz CT molecular complexity index is 497. The van der Waals surface area contributed by atoms with Gasteiger partial charge in [-0.2, -0.15) is 0 Å². The van der Waals surface area contributed by atoms with E-state index < -0.39 is 0 Å². The minimum absolute atomic E-state index is 0. The van der Waals surface area contributed by atoms with E-state index in [1.54, 1.807) is 0 Å². The zero-order chi connectivity index (χ0) is 14.2. The van der Waals surface area contributed by atoms with Crippen LogP contribution >= 0.6 is 7.92 Å². The molecule has 0 heterocycles. The molecule has 1 saturated carbocycles. The second-order valence-corrected chi connectivity index (χ2v) is 8.29. The van der Waals surface area contributed by atoms with Crippen LogP contribution in [0.4, 0.5) is 10.1 Å². The predicted molar refractivity (Wildman–Crippen MR) is 82.0 cm³/mol. The molecule has 1 aliphatic carbocycles. The van der Waals surface area contributed by atoms with Crippen molar-refractivity contribution in [3.8, 4) is 0 Å². The predicted octanol–water partition coefficient (Wildman–Crippen LogP) is 4.29. The van der Waals surface area contributed by atoms with Crippen molar-refractivity contribution < 1.29 is 43.3 Å². The first-order valence-electron chi connectivity index (χ1n) is 6.62. The molecule has 109 valence electrons. The van der Waals surface area contributed by atoms with E-state index in [0.29, 0.717) is 0 Å². The van der Waals surface area contributed by atoms with Crippen molar-refractivity contribution in [3.05, 3.63) is 29.1 Å². The average molecular weight is 372 g/mol. The van der Waals surface area contributed by atoms with E-state index in [9.17, 15) is 9.18 Å². The maximum atomic E-state index is 13.3. The minimum Gasteiger partial charge on any atom is -0.325 e. The fraction of sp³-hybridized carbons (Fsp3) is 0.533. The van der Waals surface area contributed by atoms with Gasteiger partial charge >= 0.3 is 0 Å². The Balaban J connectivity index is 0.00000200. The maximum Gasteiger partial charge on any atom is 0.234 e. The van der Waals surface area contributed by atoms with Crippen molar-refractivity contribution in [1.29, 1.82) is 0 Å². The largest absolute Gasteiger partial charge is 0.325 e. The SMILES string of the molecule is Cc1cc(F)cc(C)c1NC(=O)C1(P(C)C)CCC1.[HH].[Y]. The molecular weight excluding hydrogens is 349 g/mol. The van der Waals surface area contributed by atoms with Crippen molar-refractivity contribution >= 4 is 19.5 Å². The molecule has 0 saturated heterocycles. The molecule has 1 aromatic rings. The van der Waals surface area contributed by atoms with Crippen molar-refractivity contribution in [2.45, 2.75) is 38.3 Å². The van der Waals surface area contributed by atoms with E-state index in [0.717, 1.165) is 36.1 Å². The van der Waals surface area contributed by atoms with Crippen LogP contribution < -0.4 is 5.32 Å². The summed E-state index contributed by atoms with van der Waals surface area (Å²) in [6.45, 7) is 8.00. The third kappa shape index (κ3) is 3.31. The summed E-state index contributed by atoms with van der Waals surface area (Å²) in [4.78, 5) is 12.6. The number of amides is 1. The van der Waals surface area contributed by atoms with Crippen LogP contribution in [0.3, 0.4) is 0 Å². The number of hydrogen-bond donors (Lipinski definition) is 1. The Morgan fingerprint density at radius 1 is 1.30 bits per heavy atom. The van der Waals surface area contributed by atoms with E-state index in [1.807, 2.05) is 13.8 Å². The first-order valence-corrected chi connectivity index (χ1v) is 8.86. The number of carbonyl (C=O) groups excluding carboxylic acids is 1. The van der Waals surface area contributed by atoms with Crippen LogP contribution in [0.1, 0.15) is 31.8 Å². The number of aryl methyl sites for hydroxylation is 2. The van der Waals surface area contributed by atoms with Gasteiger partial charge in [-0.05, 0) is 63.3 Å². The zero-order valence-electron chi connectivity index (χ0n) is 12.6. The number of carbonyl (C=O) groups is 1. The standard InChI is InChI=1S/C15H21FNOP.Y.H2/c1-10-8-12(16)9-11(2)13(10)17-14(18)15(19(3)4)6-5-7-15;;/h8-9H,5-7H2,1-4H3,(H,17,18);;1H. The fourth-order valence-electron chi connectivity index (χ4n) is 2.73. The first kappa shape index (κ1) is 18.2. The van der Waals surface area contributed by atoms with Crippen LogP contribution in [0.25, 0.3) is 0 Å². The Labute approximate surface area is 148 Å². The number of anilines is 1. The molecule has 0 atom stereocenters. The summed E-state index contributed by atoms with van der Waals surface area (Å²) >= 11 is 0.